The molecule has 2 spiro atoms. The minimum absolute atomic E-state index is 0.168. The van der Waals surface area contributed by atoms with Gasteiger partial charge in [-0.05, 0) is 43.4 Å². The topological polar surface area (TPSA) is 18.5 Å². The van der Waals surface area contributed by atoms with E-state index in [1.807, 2.05) is 0 Å². The Morgan fingerprint density at radius 2 is 1.94 bits per heavy atom. The Balaban J connectivity index is 1.72. The fourth-order valence-electron chi connectivity index (χ4n) is 4.07. The maximum atomic E-state index is 5.91. The van der Waals surface area contributed by atoms with Crippen molar-refractivity contribution in [1.82, 2.24) is 0 Å². The molecule has 0 aromatic heterocycles. The van der Waals surface area contributed by atoms with Crippen LogP contribution in [-0.2, 0) is 9.47 Å². The molecule has 16 heavy (non-hydrogen) atoms. The monoisotopic (exact) mass is 336 g/mol. The smallest absolute Gasteiger partial charge is 0.169 e. The lowest BCUT2D eigenvalue weighted by Gasteiger charge is -2.43. The van der Waals surface area contributed by atoms with Gasteiger partial charge in [0.05, 0.1) is 13.2 Å². The minimum Gasteiger partial charge on any atom is -0.348 e. The summed E-state index contributed by atoms with van der Waals surface area (Å²) >= 11 is 2.55. The van der Waals surface area contributed by atoms with Crippen molar-refractivity contribution in [3.63, 3.8) is 0 Å². The molecule has 3 heteroatoms. The van der Waals surface area contributed by atoms with Crippen molar-refractivity contribution in [3.05, 3.63) is 0 Å². The standard InChI is InChI=1S/C13H21IO2/c14-9-11-2-5-12(8-11)3-1-4-13(10-12)15-6-7-16-13/h11H,1-10H2/t11-,12-/m0/s1. The van der Waals surface area contributed by atoms with E-state index in [2.05, 4.69) is 22.6 Å². The maximum absolute atomic E-state index is 5.91. The first-order chi connectivity index (χ1) is 7.76. The zero-order chi connectivity index (χ0) is 11.1. The Hall–Kier alpha value is 0.650. The summed E-state index contributed by atoms with van der Waals surface area (Å²) in [5, 5.41) is 0. The van der Waals surface area contributed by atoms with Crippen LogP contribution in [0.5, 0.6) is 0 Å². The second-order valence-corrected chi connectivity index (χ2v) is 6.78. The summed E-state index contributed by atoms with van der Waals surface area (Å²) in [5.41, 5.74) is 0.568. The van der Waals surface area contributed by atoms with E-state index in [4.69, 9.17) is 9.47 Å². The van der Waals surface area contributed by atoms with Crippen molar-refractivity contribution in [2.45, 2.75) is 50.7 Å². The first-order valence-electron chi connectivity index (χ1n) is 6.60. The Labute approximate surface area is 112 Å². The van der Waals surface area contributed by atoms with Gasteiger partial charge in [-0.3, -0.25) is 0 Å². The molecule has 3 fully saturated rings. The predicted molar refractivity (Wildman–Crippen MR) is 71.8 cm³/mol. The third-order valence-corrected chi connectivity index (χ3v) is 5.99. The Bertz CT molecular complexity index is 263. The fraction of sp³-hybridized carbons (Fsp3) is 1.00. The molecule has 2 nitrogen and oxygen atoms in total. The summed E-state index contributed by atoms with van der Waals surface area (Å²) in [6.07, 6.45) is 9.28. The second-order valence-electron chi connectivity index (χ2n) is 5.90. The number of alkyl halides is 1. The summed E-state index contributed by atoms with van der Waals surface area (Å²) in [4.78, 5) is 0. The van der Waals surface area contributed by atoms with Crippen LogP contribution in [0.4, 0.5) is 0 Å². The highest BCUT2D eigenvalue weighted by Gasteiger charge is 2.50. The summed E-state index contributed by atoms with van der Waals surface area (Å²) < 4.78 is 13.2. The van der Waals surface area contributed by atoms with Gasteiger partial charge in [0.15, 0.2) is 5.79 Å². The molecule has 1 saturated heterocycles. The van der Waals surface area contributed by atoms with Gasteiger partial charge in [-0.15, -0.1) is 0 Å². The number of rotatable bonds is 1. The Kier molecular flexibility index (Phi) is 3.22. The molecule has 1 aliphatic heterocycles. The van der Waals surface area contributed by atoms with Crippen LogP contribution in [0, 0.1) is 11.3 Å². The number of ether oxygens (including phenoxy) is 2. The van der Waals surface area contributed by atoms with Crippen LogP contribution in [0.1, 0.15) is 44.9 Å². The molecule has 0 bridgehead atoms. The van der Waals surface area contributed by atoms with Crippen LogP contribution >= 0.6 is 22.6 Å². The van der Waals surface area contributed by atoms with Crippen molar-refractivity contribution < 1.29 is 9.47 Å². The summed E-state index contributed by atoms with van der Waals surface area (Å²) in [6.45, 7) is 1.62. The highest BCUT2D eigenvalue weighted by Crippen LogP contribution is 2.55. The van der Waals surface area contributed by atoms with Crippen molar-refractivity contribution >= 4 is 22.6 Å². The lowest BCUT2D eigenvalue weighted by atomic mass is 9.70. The summed E-state index contributed by atoms with van der Waals surface area (Å²) in [7, 11) is 0. The third-order valence-electron chi connectivity index (χ3n) is 4.75. The Morgan fingerprint density at radius 1 is 1.12 bits per heavy atom. The highest BCUT2D eigenvalue weighted by atomic mass is 127. The molecule has 3 aliphatic rings. The largest absolute Gasteiger partial charge is 0.348 e. The molecule has 2 saturated carbocycles. The lowest BCUT2D eigenvalue weighted by molar-refractivity contribution is -0.201. The van der Waals surface area contributed by atoms with Gasteiger partial charge in [-0.25, -0.2) is 0 Å². The van der Waals surface area contributed by atoms with Gasteiger partial charge in [0.2, 0.25) is 0 Å². The van der Waals surface area contributed by atoms with E-state index in [1.165, 1.54) is 43.0 Å². The molecule has 0 amide bonds. The van der Waals surface area contributed by atoms with Crippen LogP contribution in [-0.4, -0.2) is 23.4 Å². The normalized spacial score (nSPS) is 42.2. The second kappa shape index (κ2) is 4.39. The van der Waals surface area contributed by atoms with Gasteiger partial charge in [-0.1, -0.05) is 22.6 Å². The van der Waals surface area contributed by atoms with Gasteiger partial charge in [-0.2, -0.15) is 0 Å². The first-order valence-corrected chi connectivity index (χ1v) is 8.12. The van der Waals surface area contributed by atoms with E-state index < -0.39 is 0 Å². The molecule has 0 unspecified atom stereocenters. The van der Waals surface area contributed by atoms with Gasteiger partial charge in [0.1, 0.15) is 0 Å². The highest BCUT2D eigenvalue weighted by molar-refractivity contribution is 14.1. The molecular formula is C13H21IO2. The molecule has 3 rings (SSSR count). The van der Waals surface area contributed by atoms with Crippen LogP contribution < -0.4 is 0 Å². The average molecular weight is 336 g/mol. The molecular weight excluding hydrogens is 315 g/mol. The average Bonchev–Trinajstić information content (AvgIpc) is 2.87. The first kappa shape index (κ1) is 11.7. The van der Waals surface area contributed by atoms with Crippen LogP contribution in [0.25, 0.3) is 0 Å². The summed E-state index contributed by atoms with van der Waals surface area (Å²) in [6, 6.07) is 0. The van der Waals surface area contributed by atoms with Gasteiger partial charge < -0.3 is 9.47 Å². The van der Waals surface area contributed by atoms with E-state index in [9.17, 15) is 0 Å². The third kappa shape index (κ3) is 2.03. The number of hydrogen-bond donors (Lipinski definition) is 0. The van der Waals surface area contributed by atoms with Crippen molar-refractivity contribution in [2.75, 3.05) is 17.6 Å². The molecule has 0 radical (unpaired) electrons. The van der Waals surface area contributed by atoms with E-state index in [-0.39, 0.29) is 5.79 Å². The number of hydrogen-bond acceptors (Lipinski definition) is 2. The molecule has 0 aromatic rings. The number of halogens is 1. The molecule has 2 aliphatic carbocycles. The molecule has 92 valence electrons. The molecule has 1 heterocycles. The minimum atomic E-state index is -0.168. The van der Waals surface area contributed by atoms with E-state index in [0.29, 0.717) is 5.41 Å². The van der Waals surface area contributed by atoms with Crippen molar-refractivity contribution in [3.8, 4) is 0 Å². The fourth-order valence-corrected chi connectivity index (χ4v) is 4.82. The van der Waals surface area contributed by atoms with E-state index >= 15 is 0 Å². The summed E-state index contributed by atoms with van der Waals surface area (Å²) in [5.74, 6) is 0.787. The SMILES string of the molecule is IC[C@H]1CC[C@@]2(CCCC3(C2)OCCO3)C1. The zero-order valence-electron chi connectivity index (χ0n) is 9.84. The molecule has 2 atom stereocenters. The van der Waals surface area contributed by atoms with Gasteiger partial charge in [0, 0.05) is 17.3 Å². The molecule has 0 N–H and O–H groups in total. The maximum Gasteiger partial charge on any atom is 0.169 e. The molecule has 0 aromatic carbocycles. The Morgan fingerprint density at radius 3 is 2.62 bits per heavy atom. The van der Waals surface area contributed by atoms with Crippen molar-refractivity contribution in [2.24, 2.45) is 11.3 Å². The predicted octanol–water partition coefficient (Wildman–Crippen LogP) is 3.53. The lowest BCUT2D eigenvalue weighted by Crippen LogP contribution is -2.41. The van der Waals surface area contributed by atoms with Crippen LogP contribution in [0.15, 0.2) is 0 Å². The quantitative estimate of drug-likeness (QED) is 0.539. The van der Waals surface area contributed by atoms with E-state index in [1.54, 1.807) is 0 Å². The van der Waals surface area contributed by atoms with Crippen LogP contribution in [0.2, 0.25) is 0 Å². The van der Waals surface area contributed by atoms with Crippen molar-refractivity contribution in [1.29, 1.82) is 0 Å². The van der Waals surface area contributed by atoms with E-state index in [0.717, 1.165) is 25.6 Å². The van der Waals surface area contributed by atoms with Crippen LogP contribution in [0.3, 0.4) is 0 Å². The van der Waals surface area contributed by atoms with Gasteiger partial charge >= 0.3 is 0 Å². The zero-order valence-corrected chi connectivity index (χ0v) is 12.0. The van der Waals surface area contributed by atoms with Gasteiger partial charge in [0.25, 0.3) is 0 Å².